The van der Waals surface area contributed by atoms with E-state index in [1.807, 2.05) is 6.07 Å². The summed E-state index contributed by atoms with van der Waals surface area (Å²) in [5, 5.41) is 9.75. The Hall–Kier alpha value is -2.33. The molecule has 0 saturated carbocycles. The summed E-state index contributed by atoms with van der Waals surface area (Å²) in [5.41, 5.74) is 0.439. The van der Waals surface area contributed by atoms with Crippen molar-refractivity contribution in [2.24, 2.45) is 0 Å². The number of Topliss-reactive ketones (excluding diaryl/α,β-unsaturated/α-hetero) is 1. The standard InChI is InChI=1S/C17H16FN3O2S/c18-11-5-6-15-13(8-11)20-17(24-15)12(9-19)14(22)10-21-7-3-1-2-4-16(21)23/h5-6,8,12H,1-4,7,10H2/t12-/m1/s1. The van der Waals surface area contributed by atoms with Crippen molar-refractivity contribution < 1.29 is 14.0 Å². The maximum absolute atomic E-state index is 13.3. The van der Waals surface area contributed by atoms with E-state index in [2.05, 4.69) is 4.98 Å². The molecule has 0 N–H and O–H groups in total. The zero-order valence-electron chi connectivity index (χ0n) is 13.0. The molecule has 1 saturated heterocycles. The largest absolute Gasteiger partial charge is 0.335 e. The molecule has 1 aliphatic heterocycles. The van der Waals surface area contributed by atoms with Crippen LogP contribution in [0, 0.1) is 17.1 Å². The number of likely N-dealkylation sites (tertiary alicyclic amines) is 1. The molecule has 0 radical (unpaired) electrons. The van der Waals surface area contributed by atoms with Gasteiger partial charge in [-0.25, -0.2) is 9.37 Å². The van der Waals surface area contributed by atoms with E-state index in [0.717, 1.165) is 24.0 Å². The summed E-state index contributed by atoms with van der Waals surface area (Å²) in [6.07, 6.45) is 3.14. The molecular formula is C17H16FN3O2S. The van der Waals surface area contributed by atoms with Crippen LogP contribution in [-0.2, 0) is 9.59 Å². The summed E-state index contributed by atoms with van der Waals surface area (Å²) in [7, 11) is 0. The van der Waals surface area contributed by atoms with Crippen molar-refractivity contribution >= 4 is 33.2 Å². The number of hydrogen-bond acceptors (Lipinski definition) is 5. The molecule has 0 bridgehead atoms. The van der Waals surface area contributed by atoms with Crippen LogP contribution in [0.3, 0.4) is 0 Å². The van der Waals surface area contributed by atoms with Gasteiger partial charge >= 0.3 is 0 Å². The normalized spacial score (nSPS) is 16.7. The smallest absolute Gasteiger partial charge is 0.222 e. The van der Waals surface area contributed by atoms with Gasteiger partial charge in [-0.3, -0.25) is 9.59 Å². The first-order valence-corrected chi connectivity index (χ1v) is 8.66. The number of aromatic nitrogens is 1. The second kappa shape index (κ2) is 7.05. The average Bonchev–Trinajstić information content (AvgIpc) is 2.85. The van der Waals surface area contributed by atoms with Gasteiger partial charge in [0.1, 0.15) is 10.8 Å². The van der Waals surface area contributed by atoms with Crippen molar-refractivity contribution in [2.75, 3.05) is 13.1 Å². The van der Waals surface area contributed by atoms with Gasteiger partial charge in [-0.2, -0.15) is 5.26 Å². The zero-order valence-corrected chi connectivity index (χ0v) is 13.8. The number of carbonyl (C=O) groups excluding carboxylic acids is 2. The summed E-state index contributed by atoms with van der Waals surface area (Å²) in [6, 6.07) is 6.17. The number of benzene rings is 1. The van der Waals surface area contributed by atoms with Gasteiger partial charge in [-0.1, -0.05) is 6.42 Å². The first-order valence-electron chi connectivity index (χ1n) is 7.84. The van der Waals surface area contributed by atoms with E-state index in [-0.39, 0.29) is 18.2 Å². The zero-order chi connectivity index (χ0) is 17.1. The van der Waals surface area contributed by atoms with Gasteiger partial charge in [0, 0.05) is 19.0 Å². The third kappa shape index (κ3) is 3.44. The molecule has 24 heavy (non-hydrogen) atoms. The number of fused-ring (bicyclic) bond motifs is 1. The Morgan fingerprint density at radius 1 is 1.42 bits per heavy atom. The second-order valence-electron chi connectivity index (χ2n) is 5.82. The summed E-state index contributed by atoms with van der Waals surface area (Å²) >= 11 is 1.21. The highest BCUT2D eigenvalue weighted by molar-refractivity contribution is 7.18. The minimum atomic E-state index is -1.03. The number of rotatable bonds is 4. The van der Waals surface area contributed by atoms with Gasteiger partial charge < -0.3 is 4.90 Å². The topological polar surface area (TPSA) is 74.1 Å². The molecule has 3 rings (SSSR count). The molecule has 0 spiro atoms. The van der Waals surface area contributed by atoms with Crippen LogP contribution in [0.1, 0.15) is 36.6 Å². The number of carbonyl (C=O) groups is 2. The fourth-order valence-electron chi connectivity index (χ4n) is 2.79. The van der Waals surface area contributed by atoms with Crippen LogP contribution in [0.25, 0.3) is 10.2 Å². The van der Waals surface area contributed by atoms with Crippen molar-refractivity contribution in [3.63, 3.8) is 0 Å². The molecule has 0 unspecified atom stereocenters. The number of nitriles is 1. The summed E-state index contributed by atoms with van der Waals surface area (Å²) < 4.78 is 14.0. The molecule has 5 nitrogen and oxygen atoms in total. The number of hydrogen-bond donors (Lipinski definition) is 0. The molecule has 1 aromatic heterocycles. The Balaban J connectivity index is 1.80. The van der Waals surface area contributed by atoms with E-state index in [1.165, 1.54) is 28.4 Å². The lowest BCUT2D eigenvalue weighted by Gasteiger charge is -2.20. The Labute approximate surface area is 142 Å². The van der Waals surface area contributed by atoms with Gasteiger partial charge in [0.25, 0.3) is 0 Å². The Kier molecular flexibility index (Phi) is 4.86. The monoisotopic (exact) mass is 345 g/mol. The Bertz CT molecular complexity index is 827. The van der Waals surface area contributed by atoms with Crippen LogP contribution >= 0.6 is 11.3 Å². The Morgan fingerprint density at radius 3 is 3.04 bits per heavy atom. The van der Waals surface area contributed by atoms with E-state index >= 15 is 0 Å². The quantitative estimate of drug-likeness (QED) is 0.854. The highest BCUT2D eigenvalue weighted by Gasteiger charge is 2.28. The third-order valence-electron chi connectivity index (χ3n) is 4.08. The van der Waals surface area contributed by atoms with Crippen molar-refractivity contribution in [1.29, 1.82) is 5.26 Å². The van der Waals surface area contributed by atoms with Crippen molar-refractivity contribution in [3.05, 3.63) is 29.0 Å². The first-order chi connectivity index (χ1) is 11.6. The first kappa shape index (κ1) is 16.5. The molecule has 1 amide bonds. The van der Waals surface area contributed by atoms with E-state index < -0.39 is 11.7 Å². The molecule has 1 aliphatic rings. The SMILES string of the molecule is N#C[C@H](C(=O)CN1CCCCCC1=O)c1nc2cc(F)ccc2s1. The predicted octanol–water partition coefficient (Wildman–Crippen LogP) is 3.01. The van der Waals surface area contributed by atoms with Crippen LogP contribution in [0.4, 0.5) is 4.39 Å². The third-order valence-corrected chi connectivity index (χ3v) is 5.18. The van der Waals surface area contributed by atoms with Crippen molar-refractivity contribution in [1.82, 2.24) is 9.88 Å². The van der Waals surface area contributed by atoms with Crippen LogP contribution in [-0.4, -0.2) is 34.7 Å². The fraction of sp³-hybridized carbons (Fsp3) is 0.412. The molecular weight excluding hydrogens is 329 g/mol. The fourth-order valence-corrected chi connectivity index (χ4v) is 3.81. The number of amides is 1. The van der Waals surface area contributed by atoms with E-state index in [0.29, 0.717) is 23.5 Å². The molecule has 1 fully saturated rings. The van der Waals surface area contributed by atoms with Gasteiger partial charge in [0.05, 0.1) is 22.8 Å². The second-order valence-corrected chi connectivity index (χ2v) is 6.88. The van der Waals surface area contributed by atoms with E-state index in [1.54, 1.807) is 6.07 Å². The molecule has 7 heteroatoms. The number of halogens is 1. The summed E-state index contributed by atoms with van der Waals surface area (Å²) in [4.78, 5) is 30.3. The van der Waals surface area contributed by atoms with Gasteiger partial charge in [-0.05, 0) is 25.0 Å². The molecule has 2 aromatic rings. The minimum absolute atomic E-state index is 0.0380. The lowest BCUT2D eigenvalue weighted by atomic mass is 10.1. The highest BCUT2D eigenvalue weighted by Crippen LogP contribution is 2.28. The minimum Gasteiger partial charge on any atom is -0.335 e. The molecule has 124 valence electrons. The van der Waals surface area contributed by atoms with Crippen LogP contribution in [0.15, 0.2) is 18.2 Å². The van der Waals surface area contributed by atoms with E-state index in [4.69, 9.17) is 0 Å². The average molecular weight is 345 g/mol. The Morgan fingerprint density at radius 2 is 2.25 bits per heavy atom. The maximum Gasteiger partial charge on any atom is 0.222 e. The number of ketones is 1. The summed E-state index contributed by atoms with van der Waals surface area (Å²) in [5.74, 6) is -1.81. The van der Waals surface area contributed by atoms with Crippen molar-refractivity contribution in [3.8, 4) is 6.07 Å². The van der Waals surface area contributed by atoms with E-state index in [9.17, 15) is 19.2 Å². The van der Waals surface area contributed by atoms with Gasteiger partial charge in [0.15, 0.2) is 11.7 Å². The van der Waals surface area contributed by atoms with Gasteiger partial charge in [0.2, 0.25) is 5.91 Å². The van der Waals surface area contributed by atoms with Crippen molar-refractivity contribution in [2.45, 2.75) is 31.6 Å². The lowest BCUT2D eigenvalue weighted by Crippen LogP contribution is -2.36. The highest BCUT2D eigenvalue weighted by atomic mass is 32.1. The van der Waals surface area contributed by atoms with Gasteiger partial charge in [-0.15, -0.1) is 11.3 Å². The van der Waals surface area contributed by atoms with Crippen LogP contribution < -0.4 is 0 Å². The molecule has 1 atom stereocenters. The number of nitrogens with zero attached hydrogens (tertiary/aromatic N) is 3. The van der Waals surface area contributed by atoms with Crippen LogP contribution in [0.2, 0.25) is 0 Å². The molecule has 1 aromatic carbocycles. The maximum atomic E-state index is 13.3. The molecule has 2 heterocycles. The summed E-state index contributed by atoms with van der Waals surface area (Å²) in [6.45, 7) is 0.481. The molecule has 0 aliphatic carbocycles. The van der Waals surface area contributed by atoms with Crippen LogP contribution in [0.5, 0.6) is 0 Å². The predicted molar refractivity (Wildman–Crippen MR) is 88.0 cm³/mol. The lowest BCUT2D eigenvalue weighted by molar-refractivity contribution is -0.135. The number of thiazole rings is 1.